The van der Waals surface area contributed by atoms with Gasteiger partial charge >= 0.3 is 5.97 Å². The van der Waals surface area contributed by atoms with Crippen LogP contribution in [0.25, 0.3) is 0 Å². The molecule has 0 radical (unpaired) electrons. The smallest absolute Gasteiger partial charge is 0.306 e. The van der Waals surface area contributed by atoms with Gasteiger partial charge in [0.25, 0.3) is 0 Å². The molecular formula is C21H26O4. The Morgan fingerprint density at radius 1 is 0.960 bits per heavy atom. The molecule has 0 aromatic heterocycles. The fourth-order valence-electron chi connectivity index (χ4n) is 2.71. The van der Waals surface area contributed by atoms with Crippen molar-refractivity contribution < 1.29 is 19.0 Å². The van der Waals surface area contributed by atoms with E-state index < -0.39 is 0 Å². The van der Waals surface area contributed by atoms with Crippen LogP contribution in [0, 0.1) is 6.92 Å². The first-order chi connectivity index (χ1) is 12.1. The van der Waals surface area contributed by atoms with E-state index in [2.05, 4.69) is 19.1 Å². The summed E-state index contributed by atoms with van der Waals surface area (Å²) in [6.45, 7) is 6.38. The predicted molar refractivity (Wildman–Crippen MR) is 98.6 cm³/mol. The Labute approximate surface area is 149 Å². The largest absolute Gasteiger partial charge is 0.497 e. The summed E-state index contributed by atoms with van der Waals surface area (Å²) in [6.07, 6.45) is 1.90. The maximum atomic E-state index is 11.6. The molecule has 0 fully saturated rings. The van der Waals surface area contributed by atoms with Crippen LogP contribution in [-0.2, 0) is 22.4 Å². The van der Waals surface area contributed by atoms with Crippen LogP contribution in [0.3, 0.4) is 0 Å². The summed E-state index contributed by atoms with van der Waals surface area (Å²) in [5, 5.41) is 0. The molecule has 0 saturated heterocycles. The third-order valence-corrected chi connectivity index (χ3v) is 4.16. The van der Waals surface area contributed by atoms with Crippen molar-refractivity contribution in [3.05, 3.63) is 53.1 Å². The third kappa shape index (κ3) is 4.99. The van der Waals surface area contributed by atoms with Gasteiger partial charge in [-0.25, -0.2) is 0 Å². The van der Waals surface area contributed by atoms with Crippen LogP contribution in [0.15, 0.2) is 36.4 Å². The van der Waals surface area contributed by atoms with E-state index in [4.69, 9.17) is 14.2 Å². The van der Waals surface area contributed by atoms with Crippen molar-refractivity contribution in [3.63, 3.8) is 0 Å². The molecule has 4 nitrogen and oxygen atoms in total. The number of carbonyl (C=O) groups excluding carboxylic acids is 1. The van der Waals surface area contributed by atoms with E-state index in [1.54, 1.807) is 7.11 Å². The van der Waals surface area contributed by atoms with E-state index in [9.17, 15) is 4.79 Å². The first kappa shape index (κ1) is 18.8. The molecule has 0 saturated carbocycles. The van der Waals surface area contributed by atoms with Crippen molar-refractivity contribution in [1.82, 2.24) is 0 Å². The zero-order chi connectivity index (χ0) is 18.2. The molecule has 0 atom stereocenters. The van der Waals surface area contributed by atoms with E-state index in [1.165, 1.54) is 0 Å². The van der Waals surface area contributed by atoms with Gasteiger partial charge in [0.15, 0.2) is 0 Å². The topological polar surface area (TPSA) is 44.8 Å². The molecule has 0 aliphatic rings. The lowest BCUT2D eigenvalue weighted by Crippen LogP contribution is -2.06. The highest BCUT2D eigenvalue weighted by molar-refractivity contribution is 5.69. The summed E-state index contributed by atoms with van der Waals surface area (Å²) < 4.78 is 16.3. The highest BCUT2D eigenvalue weighted by atomic mass is 16.5. The van der Waals surface area contributed by atoms with Crippen molar-refractivity contribution in [2.24, 2.45) is 0 Å². The predicted octanol–water partition coefficient (Wildman–Crippen LogP) is 4.85. The number of benzene rings is 2. The van der Waals surface area contributed by atoms with Crippen molar-refractivity contribution in [2.45, 2.75) is 40.0 Å². The minimum Gasteiger partial charge on any atom is -0.497 e. The Morgan fingerprint density at radius 2 is 1.60 bits per heavy atom. The number of aryl methyl sites for hydroxylation is 2. The van der Waals surface area contributed by atoms with Crippen LogP contribution < -0.4 is 9.47 Å². The van der Waals surface area contributed by atoms with E-state index in [0.29, 0.717) is 19.4 Å². The van der Waals surface area contributed by atoms with Crippen LogP contribution in [0.2, 0.25) is 0 Å². The number of carbonyl (C=O) groups is 1. The standard InChI is InChI=1S/C21H26O4/c1-5-16-7-8-17(9-14-20(22)24-6-2)15(3)21(16)25-19-12-10-18(23-4)11-13-19/h7-8,10-13H,5-6,9,14H2,1-4H3. The second kappa shape index (κ2) is 9.11. The van der Waals surface area contributed by atoms with Crippen LogP contribution in [0.4, 0.5) is 0 Å². The Kier molecular flexibility index (Phi) is 6.87. The first-order valence-electron chi connectivity index (χ1n) is 8.67. The van der Waals surface area contributed by atoms with Gasteiger partial charge in [-0.05, 0) is 67.6 Å². The number of hydrogen-bond donors (Lipinski definition) is 0. The van der Waals surface area contributed by atoms with Crippen molar-refractivity contribution in [3.8, 4) is 17.2 Å². The minimum absolute atomic E-state index is 0.168. The van der Waals surface area contributed by atoms with Crippen molar-refractivity contribution in [1.29, 1.82) is 0 Å². The second-order valence-electron chi connectivity index (χ2n) is 5.77. The Balaban J connectivity index is 2.22. The molecule has 0 aliphatic heterocycles. The van der Waals surface area contributed by atoms with Gasteiger partial charge in [0, 0.05) is 6.42 Å². The van der Waals surface area contributed by atoms with Gasteiger partial charge in [-0.2, -0.15) is 0 Å². The average Bonchev–Trinajstić information content (AvgIpc) is 2.63. The van der Waals surface area contributed by atoms with Crippen molar-refractivity contribution >= 4 is 5.97 Å². The average molecular weight is 342 g/mol. The number of methoxy groups -OCH3 is 1. The van der Waals surface area contributed by atoms with Crippen LogP contribution >= 0.6 is 0 Å². The van der Waals surface area contributed by atoms with E-state index in [0.717, 1.165) is 40.4 Å². The number of rotatable bonds is 8. The fraction of sp³-hybridized carbons (Fsp3) is 0.381. The quantitative estimate of drug-likeness (QED) is 0.643. The summed E-state index contributed by atoms with van der Waals surface area (Å²) in [5.74, 6) is 2.26. The molecule has 0 aliphatic carbocycles. The molecule has 0 heterocycles. The fourth-order valence-corrected chi connectivity index (χ4v) is 2.71. The SMILES string of the molecule is CCOC(=O)CCc1ccc(CC)c(Oc2ccc(OC)cc2)c1C. The van der Waals surface area contributed by atoms with Gasteiger partial charge in [0.1, 0.15) is 17.2 Å². The molecular weight excluding hydrogens is 316 g/mol. The normalized spacial score (nSPS) is 10.4. The molecule has 4 heteroatoms. The summed E-state index contributed by atoms with van der Waals surface area (Å²) in [7, 11) is 1.64. The van der Waals surface area contributed by atoms with Gasteiger partial charge in [0.05, 0.1) is 13.7 Å². The Hall–Kier alpha value is -2.49. The molecule has 0 amide bonds. The highest BCUT2D eigenvalue weighted by Crippen LogP contribution is 2.33. The van der Waals surface area contributed by atoms with Gasteiger partial charge in [0.2, 0.25) is 0 Å². The molecule has 2 aromatic rings. The number of ether oxygens (including phenoxy) is 3. The van der Waals surface area contributed by atoms with Gasteiger partial charge < -0.3 is 14.2 Å². The maximum absolute atomic E-state index is 11.6. The lowest BCUT2D eigenvalue weighted by Gasteiger charge is -2.16. The zero-order valence-corrected chi connectivity index (χ0v) is 15.4. The Bertz CT molecular complexity index is 705. The zero-order valence-electron chi connectivity index (χ0n) is 15.4. The number of hydrogen-bond acceptors (Lipinski definition) is 4. The monoisotopic (exact) mass is 342 g/mol. The number of esters is 1. The lowest BCUT2D eigenvalue weighted by atomic mass is 9.98. The summed E-state index contributed by atoms with van der Waals surface area (Å²) in [6, 6.07) is 11.7. The molecule has 0 spiro atoms. The van der Waals surface area contributed by atoms with E-state index in [1.807, 2.05) is 38.1 Å². The second-order valence-corrected chi connectivity index (χ2v) is 5.77. The van der Waals surface area contributed by atoms with E-state index >= 15 is 0 Å². The highest BCUT2D eigenvalue weighted by Gasteiger charge is 2.13. The van der Waals surface area contributed by atoms with Crippen LogP contribution in [0.1, 0.15) is 37.0 Å². The summed E-state index contributed by atoms with van der Waals surface area (Å²) in [5.41, 5.74) is 3.32. The molecule has 0 N–H and O–H groups in total. The van der Waals surface area contributed by atoms with Crippen LogP contribution in [0.5, 0.6) is 17.2 Å². The minimum atomic E-state index is -0.168. The third-order valence-electron chi connectivity index (χ3n) is 4.16. The van der Waals surface area contributed by atoms with Gasteiger partial charge in [-0.15, -0.1) is 0 Å². The molecule has 134 valence electrons. The van der Waals surface area contributed by atoms with Gasteiger partial charge in [-0.3, -0.25) is 4.79 Å². The first-order valence-corrected chi connectivity index (χ1v) is 8.67. The molecule has 0 unspecified atom stereocenters. The summed E-state index contributed by atoms with van der Waals surface area (Å²) >= 11 is 0. The molecule has 2 aromatic carbocycles. The lowest BCUT2D eigenvalue weighted by molar-refractivity contribution is -0.143. The molecule has 0 bridgehead atoms. The molecule has 2 rings (SSSR count). The van der Waals surface area contributed by atoms with E-state index in [-0.39, 0.29) is 5.97 Å². The van der Waals surface area contributed by atoms with Gasteiger partial charge in [-0.1, -0.05) is 19.1 Å². The van der Waals surface area contributed by atoms with Crippen LogP contribution in [-0.4, -0.2) is 19.7 Å². The summed E-state index contributed by atoms with van der Waals surface area (Å²) in [4.78, 5) is 11.6. The maximum Gasteiger partial charge on any atom is 0.306 e. The Morgan fingerprint density at radius 3 is 2.20 bits per heavy atom. The van der Waals surface area contributed by atoms with Crippen molar-refractivity contribution in [2.75, 3.05) is 13.7 Å². The molecule has 25 heavy (non-hydrogen) atoms.